The number of ether oxygens (including phenoxy) is 1. The van der Waals surface area contributed by atoms with Crippen molar-refractivity contribution < 1.29 is 14.5 Å². The van der Waals surface area contributed by atoms with Gasteiger partial charge in [0, 0.05) is 24.8 Å². The highest BCUT2D eigenvalue weighted by atomic mass is 16.6. The van der Waals surface area contributed by atoms with Crippen LogP contribution in [-0.2, 0) is 4.74 Å². The van der Waals surface area contributed by atoms with Gasteiger partial charge in [0.15, 0.2) is 0 Å². The van der Waals surface area contributed by atoms with Crippen LogP contribution in [0.4, 0.5) is 22.7 Å². The van der Waals surface area contributed by atoms with Crippen LogP contribution >= 0.6 is 0 Å². The number of allylic oxidation sites excluding steroid dienone is 2. The van der Waals surface area contributed by atoms with Crippen LogP contribution in [0.2, 0.25) is 0 Å². The van der Waals surface area contributed by atoms with Gasteiger partial charge in [0.1, 0.15) is 5.56 Å². The number of anilines is 1. The largest absolute Gasteiger partial charge is 0.462 e. The number of nitrogens with zero attached hydrogens (tertiary/aromatic N) is 4. The van der Waals surface area contributed by atoms with Crippen LogP contribution in [0.5, 0.6) is 0 Å². The molecule has 0 spiro atoms. The van der Waals surface area contributed by atoms with Gasteiger partial charge in [0.25, 0.3) is 5.69 Å². The van der Waals surface area contributed by atoms with E-state index in [4.69, 9.17) is 4.74 Å². The molecule has 164 valence electrons. The molecule has 2 aliphatic carbocycles. The van der Waals surface area contributed by atoms with Crippen LogP contribution in [0.15, 0.2) is 64.8 Å². The molecule has 2 aromatic rings. The molecule has 1 aliphatic heterocycles. The second-order valence-corrected chi connectivity index (χ2v) is 8.58. The maximum atomic E-state index is 11.9. The molecular formula is C24H24N4O4. The smallest absolute Gasteiger partial charge is 0.345 e. The van der Waals surface area contributed by atoms with Crippen molar-refractivity contribution in [2.45, 2.75) is 13.3 Å². The van der Waals surface area contributed by atoms with Crippen LogP contribution in [0.3, 0.4) is 0 Å². The van der Waals surface area contributed by atoms with E-state index < -0.39 is 10.9 Å². The van der Waals surface area contributed by atoms with E-state index in [9.17, 15) is 14.9 Å². The van der Waals surface area contributed by atoms with Gasteiger partial charge in [-0.15, -0.1) is 0 Å². The number of azo groups is 1. The summed E-state index contributed by atoms with van der Waals surface area (Å²) in [5.74, 6) is 2.33. The number of nitro groups is 1. The third kappa shape index (κ3) is 3.66. The summed E-state index contributed by atoms with van der Waals surface area (Å²) in [4.78, 5) is 25.1. The minimum atomic E-state index is -0.729. The van der Waals surface area contributed by atoms with Crippen molar-refractivity contribution >= 4 is 28.7 Å². The van der Waals surface area contributed by atoms with Gasteiger partial charge < -0.3 is 9.64 Å². The Kier molecular flexibility index (Phi) is 5.20. The minimum absolute atomic E-state index is 0.0980. The molecule has 8 nitrogen and oxygen atoms in total. The number of carbonyl (C=O) groups is 1. The second kappa shape index (κ2) is 8.18. The number of carbonyl (C=O) groups excluding carboxylic acids is 1. The van der Waals surface area contributed by atoms with Crippen molar-refractivity contribution in [2.24, 2.45) is 33.9 Å². The highest BCUT2D eigenvalue weighted by molar-refractivity contribution is 5.94. The Morgan fingerprint density at radius 3 is 2.31 bits per heavy atom. The van der Waals surface area contributed by atoms with Gasteiger partial charge in [-0.3, -0.25) is 10.1 Å². The second-order valence-electron chi connectivity index (χ2n) is 8.58. The first-order chi connectivity index (χ1) is 15.5. The Labute approximate surface area is 185 Å². The minimum Gasteiger partial charge on any atom is -0.462 e. The summed E-state index contributed by atoms with van der Waals surface area (Å²) in [5.41, 5.74) is 1.70. The molecular weight excluding hydrogens is 408 g/mol. The normalized spacial score (nSPS) is 25.5. The van der Waals surface area contributed by atoms with Gasteiger partial charge in [-0.2, -0.15) is 10.2 Å². The third-order valence-electron chi connectivity index (χ3n) is 6.83. The fourth-order valence-electron chi connectivity index (χ4n) is 5.32. The lowest BCUT2D eigenvalue weighted by atomic mass is 9.86. The number of hydrogen-bond acceptors (Lipinski definition) is 7. The molecule has 32 heavy (non-hydrogen) atoms. The summed E-state index contributed by atoms with van der Waals surface area (Å²) >= 11 is 0. The summed E-state index contributed by atoms with van der Waals surface area (Å²) < 4.78 is 4.88. The van der Waals surface area contributed by atoms with Crippen molar-refractivity contribution in [1.29, 1.82) is 0 Å². The van der Waals surface area contributed by atoms with Gasteiger partial charge >= 0.3 is 5.97 Å². The standard InChI is InChI=1S/C24H24N4O4/c1-2-32-24(29)20-10-7-18(12-23(20)28(30)31)26-25-17-5-8-19(9-6-17)27-13-21-15-3-4-16(11-15)22(21)14-27/h3-10,12,15-16,21-22H,2,11,13-14H2,1H3. The van der Waals surface area contributed by atoms with E-state index in [-0.39, 0.29) is 17.9 Å². The lowest BCUT2D eigenvalue weighted by molar-refractivity contribution is -0.385. The maximum Gasteiger partial charge on any atom is 0.345 e. The first-order valence-corrected chi connectivity index (χ1v) is 10.9. The molecule has 1 heterocycles. The summed E-state index contributed by atoms with van der Waals surface area (Å²) in [5, 5.41) is 19.7. The Balaban J connectivity index is 1.28. The summed E-state index contributed by atoms with van der Waals surface area (Å²) in [6, 6.07) is 12.0. The average Bonchev–Trinajstić information content (AvgIpc) is 3.52. The number of fused-ring (bicyclic) bond motifs is 5. The molecule has 2 fully saturated rings. The molecule has 4 unspecified atom stereocenters. The van der Waals surface area contributed by atoms with Crippen LogP contribution in [0, 0.1) is 33.8 Å². The summed E-state index contributed by atoms with van der Waals surface area (Å²) in [6.45, 7) is 4.00. The molecule has 1 saturated heterocycles. The van der Waals surface area contributed by atoms with E-state index in [1.165, 1.54) is 30.3 Å². The van der Waals surface area contributed by atoms with Gasteiger partial charge in [0.05, 0.1) is 22.9 Å². The molecule has 1 saturated carbocycles. The van der Waals surface area contributed by atoms with Gasteiger partial charge in [0.2, 0.25) is 0 Å². The monoisotopic (exact) mass is 432 g/mol. The number of hydrogen-bond donors (Lipinski definition) is 0. The van der Waals surface area contributed by atoms with E-state index >= 15 is 0 Å². The van der Waals surface area contributed by atoms with Gasteiger partial charge in [-0.25, -0.2) is 4.79 Å². The van der Waals surface area contributed by atoms with Crippen LogP contribution in [0.1, 0.15) is 23.7 Å². The SMILES string of the molecule is CCOC(=O)c1ccc(N=Nc2ccc(N3CC4C5C=CC(C5)C4C3)cc2)cc1[N+](=O)[O-]. The molecule has 0 aromatic heterocycles. The molecule has 0 amide bonds. The first-order valence-electron chi connectivity index (χ1n) is 10.9. The van der Waals surface area contributed by atoms with Gasteiger partial charge in [-0.1, -0.05) is 12.2 Å². The van der Waals surface area contributed by atoms with Crippen LogP contribution < -0.4 is 4.90 Å². The molecule has 3 aliphatic rings. The zero-order valence-electron chi connectivity index (χ0n) is 17.8. The summed E-state index contributed by atoms with van der Waals surface area (Å²) in [6.07, 6.45) is 6.15. The lowest BCUT2D eigenvalue weighted by Crippen LogP contribution is -2.22. The first kappa shape index (κ1) is 20.4. The fourth-order valence-corrected chi connectivity index (χ4v) is 5.32. The Morgan fingerprint density at radius 1 is 1.06 bits per heavy atom. The predicted molar refractivity (Wildman–Crippen MR) is 120 cm³/mol. The van der Waals surface area contributed by atoms with Crippen molar-refractivity contribution in [3.05, 3.63) is 70.3 Å². The zero-order valence-corrected chi connectivity index (χ0v) is 17.8. The highest BCUT2D eigenvalue weighted by Gasteiger charge is 2.49. The topological polar surface area (TPSA) is 97.4 Å². The van der Waals surface area contributed by atoms with Crippen molar-refractivity contribution in [1.82, 2.24) is 0 Å². The van der Waals surface area contributed by atoms with E-state index in [0.717, 1.165) is 36.8 Å². The fraction of sp³-hybridized carbons (Fsp3) is 0.375. The van der Waals surface area contributed by atoms with E-state index in [2.05, 4.69) is 39.4 Å². The zero-order chi connectivity index (χ0) is 22.2. The van der Waals surface area contributed by atoms with Crippen molar-refractivity contribution in [2.75, 3.05) is 24.6 Å². The number of nitro benzene ring substituents is 1. The van der Waals surface area contributed by atoms with E-state index in [0.29, 0.717) is 11.4 Å². The maximum absolute atomic E-state index is 11.9. The lowest BCUT2D eigenvalue weighted by Gasteiger charge is -2.20. The number of esters is 1. The van der Waals surface area contributed by atoms with Gasteiger partial charge in [-0.05, 0) is 73.4 Å². The Morgan fingerprint density at radius 2 is 1.69 bits per heavy atom. The van der Waals surface area contributed by atoms with Crippen LogP contribution in [0.25, 0.3) is 0 Å². The number of benzene rings is 2. The average molecular weight is 432 g/mol. The Hall–Kier alpha value is -3.55. The summed E-state index contributed by atoms with van der Waals surface area (Å²) in [7, 11) is 0. The molecule has 0 N–H and O–H groups in total. The van der Waals surface area contributed by atoms with Crippen LogP contribution in [-0.4, -0.2) is 30.6 Å². The molecule has 2 bridgehead atoms. The molecule has 2 aromatic carbocycles. The Bertz CT molecular complexity index is 1090. The number of rotatable bonds is 6. The molecule has 8 heteroatoms. The molecule has 5 rings (SSSR count). The van der Waals surface area contributed by atoms with Crippen molar-refractivity contribution in [3.63, 3.8) is 0 Å². The molecule has 0 radical (unpaired) electrons. The highest BCUT2D eigenvalue weighted by Crippen LogP contribution is 2.52. The predicted octanol–water partition coefficient (Wildman–Crippen LogP) is 5.45. The van der Waals surface area contributed by atoms with Crippen molar-refractivity contribution in [3.8, 4) is 0 Å². The quantitative estimate of drug-likeness (QED) is 0.199. The molecule has 4 atom stereocenters. The third-order valence-corrected chi connectivity index (χ3v) is 6.83. The van der Waals surface area contributed by atoms with E-state index in [1.54, 1.807) is 6.92 Å². The van der Waals surface area contributed by atoms with E-state index in [1.807, 2.05) is 12.1 Å².